The minimum Gasteiger partial charge on any atom is -0.460 e. The Hall–Kier alpha value is -0.610. The van der Waals surface area contributed by atoms with Gasteiger partial charge in [0.2, 0.25) is 0 Å². The van der Waals surface area contributed by atoms with Crippen molar-refractivity contribution < 1.29 is 14.3 Å². The lowest BCUT2D eigenvalue weighted by Gasteiger charge is -2.38. The predicted molar refractivity (Wildman–Crippen MR) is 73.9 cm³/mol. The number of esters is 1. The van der Waals surface area contributed by atoms with E-state index in [1.54, 1.807) is 0 Å². The van der Waals surface area contributed by atoms with Gasteiger partial charge in [-0.2, -0.15) is 0 Å². The van der Waals surface area contributed by atoms with Gasteiger partial charge in [-0.1, -0.05) is 0 Å². The fourth-order valence-corrected chi connectivity index (χ4v) is 3.21. The summed E-state index contributed by atoms with van der Waals surface area (Å²) in [6, 6.07) is 0. The number of carbonyl (C=O) groups excluding carboxylic acids is 1. The molecule has 0 amide bonds. The van der Waals surface area contributed by atoms with Crippen LogP contribution < -0.4 is 5.32 Å². The lowest BCUT2D eigenvalue weighted by molar-refractivity contribution is -0.169. The summed E-state index contributed by atoms with van der Waals surface area (Å²) < 4.78 is 11.1. The smallest absolute Gasteiger partial charge is 0.312 e. The largest absolute Gasteiger partial charge is 0.460 e. The van der Waals surface area contributed by atoms with E-state index in [4.69, 9.17) is 9.47 Å². The van der Waals surface area contributed by atoms with Gasteiger partial charge in [-0.15, -0.1) is 0 Å². The Labute approximate surface area is 116 Å². The Bertz CT molecular complexity index is 305. The molecule has 4 heteroatoms. The normalized spacial score (nSPS) is 30.1. The molecule has 2 fully saturated rings. The quantitative estimate of drug-likeness (QED) is 0.779. The van der Waals surface area contributed by atoms with Crippen molar-refractivity contribution in [2.45, 2.75) is 45.6 Å². The van der Waals surface area contributed by atoms with E-state index in [2.05, 4.69) is 5.32 Å². The van der Waals surface area contributed by atoms with Crippen LogP contribution in [0.4, 0.5) is 0 Å². The maximum atomic E-state index is 12.3. The van der Waals surface area contributed by atoms with Crippen molar-refractivity contribution >= 4 is 5.97 Å². The van der Waals surface area contributed by atoms with Crippen LogP contribution in [-0.4, -0.2) is 37.9 Å². The Kier molecular flexibility index (Phi) is 4.85. The summed E-state index contributed by atoms with van der Waals surface area (Å²) in [7, 11) is 0. The van der Waals surface area contributed by atoms with Crippen molar-refractivity contribution in [2.24, 2.45) is 17.8 Å². The van der Waals surface area contributed by atoms with Crippen LogP contribution in [0.15, 0.2) is 0 Å². The van der Waals surface area contributed by atoms with Crippen molar-refractivity contribution in [1.29, 1.82) is 0 Å². The summed E-state index contributed by atoms with van der Waals surface area (Å²) in [6.07, 6.45) is 3.34. The number of piperidine rings is 1. The molecule has 2 aliphatic rings. The zero-order valence-electron chi connectivity index (χ0n) is 12.4. The molecule has 19 heavy (non-hydrogen) atoms. The first-order valence-electron chi connectivity index (χ1n) is 7.49. The van der Waals surface area contributed by atoms with Gasteiger partial charge >= 0.3 is 5.97 Å². The molecule has 2 heterocycles. The number of hydrogen-bond donors (Lipinski definition) is 1. The van der Waals surface area contributed by atoms with Gasteiger partial charge in [0, 0.05) is 6.61 Å². The fourth-order valence-electron chi connectivity index (χ4n) is 3.21. The average Bonchev–Trinajstić information content (AvgIpc) is 2.38. The van der Waals surface area contributed by atoms with Crippen LogP contribution >= 0.6 is 0 Å². The van der Waals surface area contributed by atoms with Crippen LogP contribution in [-0.2, 0) is 14.3 Å². The second kappa shape index (κ2) is 6.23. The summed E-state index contributed by atoms with van der Waals surface area (Å²) in [4.78, 5) is 12.3. The summed E-state index contributed by atoms with van der Waals surface area (Å²) >= 11 is 0. The third kappa shape index (κ3) is 4.18. The van der Waals surface area contributed by atoms with Gasteiger partial charge in [-0.25, -0.2) is 0 Å². The Morgan fingerprint density at radius 2 is 1.89 bits per heavy atom. The number of hydrogen-bond acceptors (Lipinski definition) is 4. The van der Waals surface area contributed by atoms with Gasteiger partial charge in [0.1, 0.15) is 5.60 Å². The molecule has 2 unspecified atom stereocenters. The molecule has 0 spiro atoms. The van der Waals surface area contributed by atoms with Crippen molar-refractivity contribution in [2.75, 3.05) is 26.3 Å². The number of ether oxygens (including phenoxy) is 2. The zero-order chi connectivity index (χ0) is 13.9. The molecule has 0 aromatic heterocycles. The number of rotatable bonds is 2. The van der Waals surface area contributed by atoms with Gasteiger partial charge in [0.15, 0.2) is 0 Å². The molecular formula is C15H27NO3. The molecular weight excluding hydrogens is 242 g/mol. The monoisotopic (exact) mass is 269 g/mol. The standard InChI is InChI=1S/C15H27NO3/c1-15(2,3)19-14(17)13-10-18-9-6-12(13)11-4-7-16-8-5-11/h11-13,16H,4-10H2,1-3H3. The third-order valence-electron chi connectivity index (χ3n) is 4.11. The van der Waals surface area contributed by atoms with E-state index >= 15 is 0 Å². The predicted octanol–water partition coefficient (Wildman–Crippen LogP) is 1.98. The van der Waals surface area contributed by atoms with Gasteiger partial charge in [0.25, 0.3) is 0 Å². The maximum absolute atomic E-state index is 12.3. The van der Waals surface area contributed by atoms with E-state index in [9.17, 15) is 4.79 Å². The highest BCUT2D eigenvalue weighted by Gasteiger charge is 2.39. The molecule has 110 valence electrons. The first-order valence-corrected chi connectivity index (χ1v) is 7.49. The third-order valence-corrected chi connectivity index (χ3v) is 4.11. The van der Waals surface area contributed by atoms with E-state index in [0.29, 0.717) is 18.4 Å². The second-order valence-corrected chi connectivity index (χ2v) is 6.75. The first-order chi connectivity index (χ1) is 8.97. The highest BCUT2D eigenvalue weighted by atomic mass is 16.6. The SMILES string of the molecule is CC(C)(C)OC(=O)C1COCCC1C1CCNCC1. The molecule has 0 aromatic carbocycles. The lowest BCUT2D eigenvalue weighted by Crippen LogP contribution is -2.43. The molecule has 0 aromatic rings. The molecule has 2 atom stereocenters. The second-order valence-electron chi connectivity index (χ2n) is 6.75. The van der Waals surface area contributed by atoms with Crippen LogP contribution in [0, 0.1) is 17.8 Å². The van der Waals surface area contributed by atoms with Crippen LogP contribution in [0.5, 0.6) is 0 Å². The Morgan fingerprint density at radius 1 is 1.21 bits per heavy atom. The zero-order valence-corrected chi connectivity index (χ0v) is 12.4. The summed E-state index contributed by atoms with van der Waals surface area (Å²) in [5.41, 5.74) is -0.410. The first kappa shape index (κ1) is 14.8. The van der Waals surface area contributed by atoms with E-state index < -0.39 is 5.60 Å². The lowest BCUT2D eigenvalue weighted by atomic mass is 9.74. The van der Waals surface area contributed by atoms with Gasteiger partial charge in [-0.3, -0.25) is 4.79 Å². The van der Waals surface area contributed by atoms with Crippen LogP contribution in [0.1, 0.15) is 40.0 Å². The highest BCUT2D eigenvalue weighted by Crippen LogP contribution is 2.35. The van der Waals surface area contributed by atoms with Crippen LogP contribution in [0.3, 0.4) is 0 Å². The molecule has 2 rings (SSSR count). The van der Waals surface area contributed by atoms with Gasteiger partial charge in [-0.05, 0) is 65.0 Å². The van der Waals surface area contributed by atoms with Crippen LogP contribution in [0.2, 0.25) is 0 Å². The van der Waals surface area contributed by atoms with Gasteiger partial charge < -0.3 is 14.8 Å². The van der Waals surface area contributed by atoms with E-state index in [1.165, 1.54) is 12.8 Å². The number of nitrogens with one attached hydrogen (secondary N) is 1. The van der Waals surface area contributed by atoms with E-state index in [-0.39, 0.29) is 11.9 Å². The summed E-state index contributed by atoms with van der Waals surface area (Å²) in [5.74, 6) is 0.931. The van der Waals surface area contributed by atoms with Gasteiger partial charge in [0.05, 0.1) is 12.5 Å². The van der Waals surface area contributed by atoms with Crippen molar-refractivity contribution in [3.8, 4) is 0 Å². The van der Waals surface area contributed by atoms with Crippen molar-refractivity contribution in [3.05, 3.63) is 0 Å². The average molecular weight is 269 g/mol. The van der Waals surface area contributed by atoms with Crippen LogP contribution in [0.25, 0.3) is 0 Å². The maximum Gasteiger partial charge on any atom is 0.312 e. The fraction of sp³-hybridized carbons (Fsp3) is 0.933. The van der Waals surface area contributed by atoms with E-state index in [1.807, 2.05) is 20.8 Å². The minimum atomic E-state index is -0.410. The van der Waals surface area contributed by atoms with Crippen molar-refractivity contribution in [3.63, 3.8) is 0 Å². The minimum absolute atomic E-state index is 0.0731. The van der Waals surface area contributed by atoms with Crippen molar-refractivity contribution in [1.82, 2.24) is 5.32 Å². The molecule has 0 aliphatic carbocycles. The molecule has 2 aliphatic heterocycles. The molecule has 4 nitrogen and oxygen atoms in total. The van der Waals surface area contributed by atoms with E-state index in [0.717, 1.165) is 26.1 Å². The molecule has 0 radical (unpaired) electrons. The molecule has 0 bridgehead atoms. The highest BCUT2D eigenvalue weighted by molar-refractivity contribution is 5.73. The summed E-state index contributed by atoms with van der Waals surface area (Å²) in [6.45, 7) is 9.24. The topological polar surface area (TPSA) is 47.6 Å². The Morgan fingerprint density at radius 3 is 2.53 bits per heavy atom. The Balaban J connectivity index is 2.00. The summed E-state index contributed by atoms with van der Waals surface area (Å²) in [5, 5.41) is 3.39. The number of carbonyl (C=O) groups is 1. The molecule has 1 N–H and O–H groups in total. The molecule has 0 saturated carbocycles. The molecule has 2 saturated heterocycles.